The van der Waals surface area contributed by atoms with Crippen LogP contribution < -0.4 is 4.74 Å². The third-order valence-electron chi connectivity index (χ3n) is 2.57. The Labute approximate surface area is 118 Å². The molecule has 0 fully saturated rings. The third-order valence-corrected chi connectivity index (χ3v) is 2.57. The number of hydrogen-bond acceptors (Lipinski definition) is 4. The van der Waals surface area contributed by atoms with Crippen LogP contribution in [0.2, 0.25) is 0 Å². The summed E-state index contributed by atoms with van der Waals surface area (Å²) >= 11 is 0. The summed E-state index contributed by atoms with van der Waals surface area (Å²) in [7, 11) is 1.55. The first-order valence-corrected chi connectivity index (χ1v) is 6.26. The van der Waals surface area contributed by atoms with E-state index in [9.17, 15) is 9.59 Å². The largest absolute Gasteiger partial charge is 0.497 e. The van der Waals surface area contributed by atoms with Crippen molar-refractivity contribution in [3.8, 4) is 5.75 Å². The van der Waals surface area contributed by atoms with Crippen LogP contribution in [0.5, 0.6) is 5.75 Å². The molecule has 0 aliphatic rings. The highest BCUT2D eigenvalue weighted by Gasteiger charge is 2.18. The zero-order valence-electron chi connectivity index (χ0n) is 11.8. The highest BCUT2D eigenvalue weighted by Crippen LogP contribution is 2.13. The van der Waals surface area contributed by atoms with Crippen molar-refractivity contribution in [1.82, 2.24) is 0 Å². The summed E-state index contributed by atoms with van der Waals surface area (Å²) in [4.78, 5) is 23.5. The molecule has 1 rings (SSSR count). The molecule has 0 spiro atoms. The van der Waals surface area contributed by atoms with Crippen molar-refractivity contribution in [2.75, 3.05) is 7.11 Å². The number of carbonyl (C=O) groups is 2. The second-order valence-corrected chi connectivity index (χ2v) is 4.06. The molecular formula is C16H18O4. The Bertz CT molecular complexity index is 512. The molecule has 0 amide bonds. The summed E-state index contributed by atoms with van der Waals surface area (Å²) in [6.45, 7) is 3.39. The molecule has 0 aliphatic carbocycles. The predicted molar refractivity (Wildman–Crippen MR) is 76.8 cm³/mol. The van der Waals surface area contributed by atoms with Gasteiger partial charge in [-0.05, 0) is 38.1 Å². The molecule has 0 saturated carbocycles. The summed E-state index contributed by atoms with van der Waals surface area (Å²) in [6.07, 6.45) is 5.50. The van der Waals surface area contributed by atoms with Crippen LogP contribution in [0.3, 0.4) is 0 Å². The van der Waals surface area contributed by atoms with E-state index in [4.69, 9.17) is 9.47 Å². The fourth-order valence-electron chi connectivity index (χ4n) is 1.50. The molecule has 4 nitrogen and oxygen atoms in total. The Morgan fingerprint density at radius 3 is 2.35 bits per heavy atom. The lowest BCUT2D eigenvalue weighted by atomic mass is 10.1. The zero-order chi connectivity index (χ0) is 15.0. The molecule has 0 radical (unpaired) electrons. The molecule has 0 aliphatic heterocycles. The van der Waals surface area contributed by atoms with Gasteiger partial charge in [0, 0.05) is 11.6 Å². The number of benzene rings is 1. The Morgan fingerprint density at radius 2 is 1.80 bits per heavy atom. The average Bonchev–Trinajstić information content (AvgIpc) is 2.46. The van der Waals surface area contributed by atoms with Crippen molar-refractivity contribution < 1.29 is 19.1 Å². The topological polar surface area (TPSA) is 52.6 Å². The molecular weight excluding hydrogens is 256 g/mol. The Kier molecular flexibility index (Phi) is 6.23. The molecule has 1 unspecified atom stereocenters. The number of ether oxygens (including phenoxy) is 2. The van der Waals surface area contributed by atoms with Crippen molar-refractivity contribution in [2.45, 2.75) is 20.0 Å². The Hall–Kier alpha value is -2.36. The van der Waals surface area contributed by atoms with Crippen LogP contribution in [0.1, 0.15) is 24.2 Å². The van der Waals surface area contributed by atoms with Gasteiger partial charge >= 0.3 is 5.97 Å². The molecule has 0 heterocycles. The van der Waals surface area contributed by atoms with Gasteiger partial charge in [-0.1, -0.05) is 18.2 Å². The smallest absolute Gasteiger partial charge is 0.331 e. The first kappa shape index (κ1) is 15.7. The van der Waals surface area contributed by atoms with Gasteiger partial charge in [0.15, 0.2) is 6.10 Å². The van der Waals surface area contributed by atoms with Crippen LogP contribution in [0.4, 0.5) is 0 Å². The van der Waals surface area contributed by atoms with Gasteiger partial charge in [-0.2, -0.15) is 0 Å². The second kappa shape index (κ2) is 7.94. The lowest BCUT2D eigenvalue weighted by molar-refractivity contribution is -0.140. The number of Topliss-reactive ketones (excluding diaryl/α,β-unsaturated/α-hetero) is 1. The van der Waals surface area contributed by atoms with Crippen LogP contribution in [0.15, 0.2) is 48.6 Å². The molecule has 1 aromatic rings. The van der Waals surface area contributed by atoms with Crippen LogP contribution in [-0.4, -0.2) is 25.0 Å². The maximum atomic E-state index is 12.1. The van der Waals surface area contributed by atoms with Crippen molar-refractivity contribution in [3.63, 3.8) is 0 Å². The van der Waals surface area contributed by atoms with Crippen LogP contribution in [-0.2, 0) is 9.53 Å². The highest BCUT2D eigenvalue weighted by molar-refractivity contribution is 6.00. The van der Waals surface area contributed by atoms with Gasteiger partial charge in [0.05, 0.1) is 7.11 Å². The number of methoxy groups -OCH3 is 1. The van der Waals surface area contributed by atoms with Crippen molar-refractivity contribution in [1.29, 1.82) is 0 Å². The van der Waals surface area contributed by atoms with E-state index in [1.54, 1.807) is 56.5 Å². The van der Waals surface area contributed by atoms with Gasteiger partial charge in [0.2, 0.25) is 5.78 Å². The van der Waals surface area contributed by atoms with Crippen LogP contribution in [0.25, 0.3) is 0 Å². The highest BCUT2D eigenvalue weighted by atomic mass is 16.5. The first-order valence-electron chi connectivity index (χ1n) is 6.26. The van der Waals surface area contributed by atoms with E-state index in [2.05, 4.69) is 0 Å². The maximum Gasteiger partial charge on any atom is 0.331 e. The van der Waals surface area contributed by atoms with E-state index in [1.165, 1.54) is 6.08 Å². The van der Waals surface area contributed by atoms with Gasteiger partial charge in [0.1, 0.15) is 5.75 Å². The molecule has 0 bridgehead atoms. The van der Waals surface area contributed by atoms with E-state index in [-0.39, 0.29) is 5.78 Å². The Balaban J connectivity index is 2.64. The number of hydrogen-bond donors (Lipinski definition) is 0. The zero-order valence-corrected chi connectivity index (χ0v) is 11.8. The minimum atomic E-state index is -0.828. The minimum Gasteiger partial charge on any atom is -0.497 e. The number of allylic oxidation sites excluding steroid dienone is 3. The van der Waals surface area contributed by atoms with Crippen molar-refractivity contribution in [3.05, 3.63) is 54.1 Å². The van der Waals surface area contributed by atoms with Gasteiger partial charge < -0.3 is 9.47 Å². The fourth-order valence-corrected chi connectivity index (χ4v) is 1.50. The molecule has 106 valence electrons. The van der Waals surface area contributed by atoms with E-state index in [1.807, 2.05) is 6.92 Å². The van der Waals surface area contributed by atoms with Crippen molar-refractivity contribution in [2.24, 2.45) is 0 Å². The van der Waals surface area contributed by atoms with Gasteiger partial charge in [-0.15, -0.1) is 0 Å². The minimum absolute atomic E-state index is 0.250. The predicted octanol–water partition coefficient (Wildman–Crippen LogP) is 2.94. The number of ketones is 1. The second-order valence-electron chi connectivity index (χ2n) is 4.06. The molecule has 1 atom stereocenters. The van der Waals surface area contributed by atoms with E-state index >= 15 is 0 Å². The molecule has 20 heavy (non-hydrogen) atoms. The number of esters is 1. The molecule has 1 aromatic carbocycles. The summed E-state index contributed by atoms with van der Waals surface area (Å²) in [5.74, 6) is -0.126. The van der Waals surface area contributed by atoms with E-state index in [0.717, 1.165) is 0 Å². The van der Waals surface area contributed by atoms with Crippen LogP contribution >= 0.6 is 0 Å². The van der Waals surface area contributed by atoms with Gasteiger partial charge in [0.25, 0.3) is 0 Å². The van der Waals surface area contributed by atoms with Crippen molar-refractivity contribution >= 4 is 11.8 Å². The van der Waals surface area contributed by atoms with E-state index < -0.39 is 12.1 Å². The average molecular weight is 274 g/mol. The lowest BCUT2D eigenvalue weighted by Crippen LogP contribution is -2.23. The van der Waals surface area contributed by atoms with Gasteiger partial charge in [-0.3, -0.25) is 4.79 Å². The van der Waals surface area contributed by atoms with Gasteiger partial charge in [-0.25, -0.2) is 4.79 Å². The maximum absolute atomic E-state index is 12.1. The third kappa shape index (κ3) is 4.72. The number of carbonyl (C=O) groups excluding carboxylic acids is 2. The summed E-state index contributed by atoms with van der Waals surface area (Å²) in [5, 5.41) is 0. The number of rotatable bonds is 6. The van der Waals surface area contributed by atoms with E-state index in [0.29, 0.717) is 11.3 Å². The normalized spacial score (nSPS) is 12.6. The first-order chi connectivity index (χ1) is 9.58. The molecule has 0 saturated heterocycles. The quantitative estimate of drug-likeness (QED) is 0.346. The molecule has 0 N–H and O–H groups in total. The Morgan fingerprint density at radius 1 is 1.15 bits per heavy atom. The summed E-state index contributed by atoms with van der Waals surface area (Å²) in [5.41, 5.74) is 0.475. The standard InChI is InChI=1S/C16H18O4/c1-4-5-6-7-15(17)20-12(2)16(18)13-8-10-14(19-3)11-9-13/h4-12H,1-3H3/b5-4+,7-6?. The van der Waals surface area contributed by atoms with Crippen LogP contribution in [0, 0.1) is 0 Å². The summed E-state index contributed by atoms with van der Waals surface area (Å²) < 4.78 is 10.0. The lowest BCUT2D eigenvalue weighted by Gasteiger charge is -2.11. The summed E-state index contributed by atoms with van der Waals surface area (Å²) in [6, 6.07) is 6.66. The SMILES string of the molecule is C/C=C/C=CC(=O)OC(C)C(=O)c1ccc(OC)cc1. The molecule has 0 aromatic heterocycles. The monoisotopic (exact) mass is 274 g/mol. The fraction of sp³-hybridized carbons (Fsp3) is 0.250. The molecule has 4 heteroatoms.